The van der Waals surface area contributed by atoms with Gasteiger partial charge in [0.05, 0.1) is 35.9 Å². The lowest BCUT2D eigenvalue weighted by Gasteiger charge is -2.17. The standard InChI is InChI=1S/C28H25ClN2O6/c1-2-35-25-13-17(29)8-10-23(25)26(32)30-18-5-3-6-19(14-18)37-20-9-11-22-24(15-20)28(34)31(27(22)33)16-21-7-4-12-36-21/h3,5-6,8-11,13-15,21H,2,4,7,12,16H2,1H3,(H,30,32). The van der Waals surface area contributed by atoms with Gasteiger partial charge in [-0.05, 0) is 68.3 Å². The minimum atomic E-state index is -0.356. The van der Waals surface area contributed by atoms with Gasteiger partial charge >= 0.3 is 0 Å². The van der Waals surface area contributed by atoms with Crippen molar-refractivity contribution in [3.05, 3.63) is 82.4 Å². The van der Waals surface area contributed by atoms with Gasteiger partial charge in [0.25, 0.3) is 17.7 Å². The first-order valence-corrected chi connectivity index (χ1v) is 12.4. The predicted molar refractivity (Wildman–Crippen MR) is 138 cm³/mol. The number of hydrogen-bond donors (Lipinski definition) is 1. The number of anilines is 1. The van der Waals surface area contributed by atoms with Gasteiger partial charge in [-0.3, -0.25) is 19.3 Å². The van der Waals surface area contributed by atoms with Crippen LogP contribution < -0.4 is 14.8 Å². The summed E-state index contributed by atoms with van der Waals surface area (Å²) in [6.07, 6.45) is 1.64. The van der Waals surface area contributed by atoms with Crippen molar-refractivity contribution in [1.29, 1.82) is 0 Å². The third-order valence-electron chi connectivity index (χ3n) is 6.17. The van der Waals surface area contributed by atoms with E-state index in [1.807, 2.05) is 6.92 Å². The molecule has 3 aromatic carbocycles. The van der Waals surface area contributed by atoms with Crippen molar-refractivity contribution in [1.82, 2.24) is 4.90 Å². The summed E-state index contributed by atoms with van der Waals surface area (Å²) in [5.41, 5.74) is 1.52. The fraction of sp³-hybridized carbons (Fsp3) is 0.250. The van der Waals surface area contributed by atoms with Crippen molar-refractivity contribution < 1.29 is 28.6 Å². The minimum absolute atomic E-state index is 0.117. The van der Waals surface area contributed by atoms with Crippen molar-refractivity contribution >= 4 is 35.0 Å². The Morgan fingerprint density at radius 2 is 1.86 bits per heavy atom. The van der Waals surface area contributed by atoms with Crippen LogP contribution in [0.3, 0.4) is 0 Å². The first-order valence-electron chi connectivity index (χ1n) is 12.1. The van der Waals surface area contributed by atoms with E-state index in [-0.39, 0.29) is 30.4 Å². The molecule has 8 nitrogen and oxygen atoms in total. The van der Waals surface area contributed by atoms with E-state index in [1.54, 1.807) is 60.7 Å². The molecule has 9 heteroatoms. The average molecular weight is 521 g/mol. The maximum Gasteiger partial charge on any atom is 0.261 e. The van der Waals surface area contributed by atoms with Crippen molar-refractivity contribution in [3.8, 4) is 17.2 Å². The van der Waals surface area contributed by atoms with Crippen molar-refractivity contribution in [2.24, 2.45) is 0 Å². The van der Waals surface area contributed by atoms with Crippen molar-refractivity contribution in [3.63, 3.8) is 0 Å². The summed E-state index contributed by atoms with van der Waals surface area (Å²) < 4.78 is 17.1. The highest BCUT2D eigenvalue weighted by Gasteiger charge is 2.37. The topological polar surface area (TPSA) is 94.2 Å². The number of hydrogen-bond acceptors (Lipinski definition) is 6. The Hall–Kier alpha value is -3.88. The second-order valence-electron chi connectivity index (χ2n) is 8.72. The number of carbonyl (C=O) groups excluding carboxylic acids is 3. The average Bonchev–Trinajstić information content (AvgIpc) is 3.47. The van der Waals surface area contributed by atoms with Crippen LogP contribution in [0.1, 0.15) is 50.8 Å². The summed E-state index contributed by atoms with van der Waals surface area (Å²) in [7, 11) is 0. The third kappa shape index (κ3) is 5.30. The first-order chi connectivity index (χ1) is 17.9. The van der Waals surface area contributed by atoms with E-state index in [0.717, 1.165) is 12.8 Å². The molecule has 37 heavy (non-hydrogen) atoms. The molecule has 0 radical (unpaired) electrons. The van der Waals surface area contributed by atoms with Crippen LogP contribution in [0, 0.1) is 0 Å². The first kappa shape index (κ1) is 24.8. The van der Waals surface area contributed by atoms with Gasteiger partial charge in [-0.1, -0.05) is 17.7 Å². The number of ether oxygens (including phenoxy) is 3. The Bertz CT molecular complexity index is 1370. The van der Waals surface area contributed by atoms with E-state index in [2.05, 4.69) is 5.32 Å². The van der Waals surface area contributed by atoms with Crippen LogP contribution in [0.2, 0.25) is 5.02 Å². The van der Waals surface area contributed by atoms with Crippen LogP contribution in [-0.2, 0) is 4.74 Å². The SMILES string of the molecule is CCOc1cc(Cl)ccc1C(=O)Nc1cccc(Oc2ccc3c(c2)C(=O)N(CC2CCCO2)C3=O)c1. The summed E-state index contributed by atoms with van der Waals surface area (Å²) >= 11 is 6.04. The number of amides is 3. The highest BCUT2D eigenvalue weighted by Crippen LogP contribution is 2.32. The molecule has 5 rings (SSSR count). The highest BCUT2D eigenvalue weighted by atomic mass is 35.5. The van der Waals surface area contributed by atoms with Crippen molar-refractivity contribution in [2.75, 3.05) is 25.1 Å². The van der Waals surface area contributed by atoms with E-state index in [0.29, 0.717) is 57.9 Å². The summed E-state index contributed by atoms with van der Waals surface area (Å²) in [5.74, 6) is 0.219. The molecular formula is C28H25ClN2O6. The van der Waals surface area contributed by atoms with Gasteiger partial charge in [-0.15, -0.1) is 0 Å². The lowest BCUT2D eigenvalue weighted by Crippen LogP contribution is -2.36. The van der Waals surface area contributed by atoms with Gasteiger partial charge in [0.2, 0.25) is 0 Å². The number of benzene rings is 3. The van der Waals surface area contributed by atoms with Gasteiger partial charge in [0.15, 0.2) is 0 Å². The van der Waals surface area contributed by atoms with Crippen molar-refractivity contribution in [2.45, 2.75) is 25.9 Å². The Balaban J connectivity index is 1.29. The molecule has 2 aliphatic rings. The normalized spacial score (nSPS) is 16.6. The van der Waals surface area contributed by atoms with Gasteiger partial charge in [0, 0.05) is 23.4 Å². The van der Waals surface area contributed by atoms with E-state index >= 15 is 0 Å². The molecule has 0 aromatic heterocycles. The maximum absolute atomic E-state index is 12.9. The number of halogens is 1. The van der Waals surface area contributed by atoms with Crippen LogP contribution >= 0.6 is 11.6 Å². The maximum atomic E-state index is 12.9. The molecule has 1 atom stereocenters. The molecule has 2 heterocycles. The molecule has 0 bridgehead atoms. The molecule has 2 aliphatic heterocycles. The van der Waals surface area contributed by atoms with Crippen LogP contribution in [0.15, 0.2) is 60.7 Å². The van der Waals surface area contributed by atoms with Crippen LogP contribution in [-0.4, -0.2) is 48.5 Å². The molecule has 1 N–H and O–H groups in total. The lowest BCUT2D eigenvalue weighted by atomic mass is 10.1. The second kappa shape index (κ2) is 10.6. The molecule has 1 fully saturated rings. The molecule has 0 aliphatic carbocycles. The van der Waals surface area contributed by atoms with E-state index in [9.17, 15) is 14.4 Å². The Kier molecular flexibility index (Phi) is 7.12. The molecule has 1 unspecified atom stereocenters. The smallest absolute Gasteiger partial charge is 0.261 e. The number of carbonyl (C=O) groups is 3. The zero-order valence-corrected chi connectivity index (χ0v) is 20.9. The molecule has 3 aromatic rings. The second-order valence-corrected chi connectivity index (χ2v) is 9.16. The van der Waals surface area contributed by atoms with Gasteiger partial charge in [-0.25, -0.2) is 0 Å². The minimum Gasteiger partial charge on any atom is -0.493 e. The zero-order chi connectivity index (χ0) is 25.9. The van der Waals surface area contributed by atoms with Crippen LogP contribution in [0.4, 0.5) is 5.69 Å². The number of rotatable bonds is 8. The molecule has 0 spiro atoms. The number of imide groups is 1. The van der Waals surface area contributed by atoms with E-state index in [1.165, 1.54) is 4.90 Å². The Morgan fingerprint density at radius 3 is 2.65 bits per heavy atom. The lowest BCUT2D eigenvalue weighted by molar-refractivity contribution is 0.0475. The van der Waals surface area contributed by atoms with Gasteiger partial charge < -0.3 is 19.5 Å². The van der Waals surface area contributed by atoms with Gasteiger partial charge in [-0.2, -0.15) is 0 Å². The quantitative estimate of drug-likeness (QED) is 0.391. The molecule has 190 valence electrons. The highest BCUT2D eigenvalue weighted by molar-refractivity contribution is 6.31. The summed E-state index contributed by atoms with van der Waals surface area (Å²) in [4.78, 5) is 39.8. The van der Waals surface area contributed by atoms with E-state index < -0.39 is 0 Å². The molecular weight excluding hydrogens is 496 g/mol. The van der Waals surface area contributed by atoms with Crippen LogP contribution in [0.5, 0.6) is 17.2 Å². The zero-order valence-electron chi connectivity index (χ0n) is 20.2. The predicted octanol–water partition coefficient (Wildman–Crippen LogP) is 5.56. The third-order valence-corrected chi connectivity index (χ3v) is 6.40. The fourth-order valence-electron chi connectivity index (χ4n) is 4.42. The summed E-state index contributed by atoms with van der Waals surface area (Å²) in [6.45, 7) is 3.12. The summed E-state index contributed by atoms with van der Waals surface area (Å²) in [6, 6.07) is 16.5. The van der Waals surface area contributed by atoms with Crippen LogP contribution in [0.25, 0.3) is 0 Å². The van der Waals surface area contributed by atoms with Gasteiger partial charge in [0.1, 0.15) is 17.2 Å². The molecule has 3 amide bonds. The summed E-state index contributed by atoms with van der Waals surface area (Å²) in [5, 5.41) is 3.31. The van der Waals surface area contributed by atoms with E-state index in [4.69, 9.17) is 25.8 Å². The molecule has 0 saturated carbocycles. The fourth-order valence-corrected chi connectivity index (χ4v) is 4.58. The number of nitrogens with zero attached hydrogens (tertiary/aromatic N) is 1. The molecule has 1 saturated heterocycles. The Morgan fingerprint density at radius 1 is 1.05 bits per heavy atom. The monoisotopic (exact) mass is 520 g/mol. The number of fused-ring (bicyclic) bond motifs is 1. The largest absolute Gasteiger partial charge is 0.493 e. The Labute approximate surface area is 219 Å². The number of nitrogens with one attached hydrogen (secondary N) is 1.